The van der Waals surface area contributed by atoms with E-state index in [9.17, 15) is 19.7 Å². The fourth-order valence-electron chi connectivity index (χ4n) is 3.67. The molecule has 1 aliphatic heterocycles. The van der Waals surface area contributed by atoms with Gasteiger partial charge in [-0.25, -0.2) is 4.98 Å². The smallest absolute Gasteiger partial charge is 0.270 e. The second-order valence-corrected chi connectivity index (χ2v) is 7.22. The van der Waals surface area contributed by atoms with Crippen LogP contribution in [-0.2, 0) is 6.54 Å². The molecule has 0 N–H and O–H groups in total. The summed E-state index contributed by atoms with van der Waals surface area (Å²) < 4.78 is 6.71. The van der Waals surface area contributed by atoms with Crippen LogP contribution in [0.1, 0.15) is 16.1 Å². The number of nitro benzene ring substituents is 1. The minimum Gasteiger partial charge on any atom is -0.496 e. The molecular formula is C21H21N5O5. The van der Waals surface area contributed by atoms with Crippen molar-refractivity contribution in [1.82, 2.24) is 19.2 Å². The lowest BCUT2D eigenvalue weighted by Crippen LogP contribution is -2.48. The van der Waals surface area contributed by atoms with E-state index in [0.29, 0.717) is 49.8 Å². The van der Waals surface area contributed by atoms with E-state index in [2.05, 4.69) is 9.88 Å². The number of hydrogen-bond donors (Lipinski definition) is 0. The normalized spacial score (nSPS) is 14.5. The molecule has 0 atom stereocenters. The predicted octanol–water partition coefficient (Wildman–Crippen LogP) is 1.57. The van der Waals surface area contributed by atoms with Crippen molar-refractivity contribution < 1.29 is 14.5 Å². The van der Waals surface area contributed by atoms with Crippen molar-refractivity contribution in [1.29, 1.82) is 0 Å². The van der Waals surface area contributed by atoms with Crippen molar-refractivity contribution in [3.8, 4) is 5.75 Å². The summed E-state index contributed by atoms with van der Waals surface area (Å²) in [6.07, 6.45) is 1.68. The molecule has 1 amide bonds. The first-order valence-corrected chi connectivity index (χ1v) is 9.77. The monoisotopic (exact) mass is 423 g/mol. The number of non-ortho nitro benzene ring substituents is 1. The molecule has 31 heavy (non-hydrogen) atoms. The Bertz CT molecular complexity index is 1200. The van der Waals surface area contributed by atoms with Gasteiger partial charge in [0.1, 0.15) is 11.4 Å². The molecule has 0 bridgehead atoms. The lowest BCUT2D eigenvalue weighted by Gasteiger charge is -2.34. The summed E-state index contributed by atoms with van der Waals surface area (Å²) in [5, 5.41) is 11.1. The summed E-state index contributed by atoms with van der Waals surface area (Å²) in [5.41, 5.74) is 1.16. The summed E-state index contributed by atoms with van der Waals surface area (Å²) in [5.74, 6) is 0.00106. The molecule has 2 aromatic heterocycles. The number of carbonyl (C=O) groups is 1. The van der Waals surface area contributed by atoms with E-state index in [1.165, 1.54) is 35.8 Å². The predicted molar refractivity (Wildman–Crippen MR) is 112 cm³/mol. The highest BCUT2D eigenvalue weighted by atomic mass is 16.6. The average Bonchev–Trinajstić information content (AvgIpc) is 2.78. The van der Waals surface area contributed by atoms with Crippen molar-refractivity contribution in [2.75, 3.05) is 33.3 Å². The molecule has 3 aromatic rings. The van der Waals surface area contributed by atoms with Gasteiger partial charge in [-0.1, -0.05) is 6.07 Å². The first-order valence-electron chi connectivity index (χ1n) is 9.77. The van der Waals surface area contributed by atoms with Crippen LogP contribution < -0.4 is 10.3 Å². The summed E-state index contributed by atoms with van der Waals surface area (Å²) >= 11 is 0. The maximum Gasteiger partial charge on any atom is 0.270 e. The van der Waals surface area contributed by atoms with E-state index in [0.717, 1.165) is 0 Å². The lowest BCUT2D eigenvalue weighted by atomic mass is 10.1. The van der Waals surface area contributed by atoms with Gasteiger partial charge in [0.25, 0.3) is 17.2 Å². The SMILES string of the molecule is COc1ccc([N+](=O)[O-])cc1C(=O)N1CCN(Cc2cc(=O)n3ccccc3n2)CC1. The van der Waals surface area contributed by atoms with Gasteiger partial charge in [-0.15, -0.1) is 0 Å². The first-order chi connectivity index (χ1) is 15.0. The highest BCUT2D eigenvalue weighted by Crippen LogP contribution is 2.25. The van der Waals surface area contributed by atoms with Gasteiger partial charge in [-0.2, -0.15) is 0 Å². The van der Waals surface area contributed by atoms with Crippen LogP contribution in [0.5, 0.6) is 5.75 Å². The Morgan fingerprint density at radius 2 is 1.94 bits per heavy atom. The third-order valence-electron chi connectivity index (χ3n) is 5.29. The van der Waals surface area contributed by atoms with E-state index >= 15 is 0 Å². The zero-order valence-corrected chi connectivity index (χ0v) is 16.9. The molecular weight excluding hydrogens is 402 g/mol. The minimum atomic E-state index is -0.534. The number of nitro groups is 1. The fourth-order valence-corrected chi connectivity index (χ4v) is 3.67. The lowest BCUT2D eigenvalue weighted by molar-refractivity contribution is -0.384. The van der Waals surface area contributed by atoms with Crippen molar-refractivity contribution in [2.45, 2.75) is 6.54 Å². The third kappa shape index (κ3) is 4.24. The molecule has 3 heterocycles. The molecule has 160 valence electrons. The molecule has 0 aliphatic carbocycles. The number of fused-ring (bicyclic) bond motifs is 1. The molecule has 1 aromatic carbocycles. The summed E-state index contributed by atoms with van der Waals surface area (Å²) in [6.45, 7) is 2.61. The van der Waals surface area contributed by atoms with E-state index in [-0.39, 0.29) is 22.7 Å². The van der Waals surface area contributed by atoms with Gasteiger partial charge in [-0.05, 0) is 18.2 Å². The number of hydrogen-bond acceptors (Lipinski definition) is 7. The van der Waals surface area contributed by atoms with E-state index in [1.54, 1.807) is 23.2 Å². The number of ether oxygens (including phenoxy) is 1. The van der Waals surface area contributed by atoms with Crippen LogP contribution in [0.25, 0.3) is 5.65 Å². The molecule has 1 fully saturated rings. The van der Waals surface area contributed by atoms with Gasteiger partial charge < -0.3 is 9.64 Å². The molecule has 10 nitrogen and oxygen atoms in total. The van der Waals surface area contributed by atoms with Gasteiger partial charge in [-0.3, -0.25) is 29.0 Å². The molecule has 0 spiro atoms. The van der Waals surface area contributed by atoms with Crippen LogP contribution in [0.2, 0.25) is 0 Å². The molecule has 0 radical (unpaired) electrons. The van der Waals surface area contributed by atoms with E-state index < -0.39 is 4.92 Å². The quantitative estimate of drug-likeness (QED) is 0.452. The Kier molecular flexibility index (Phi) is 5.63. The molecule has 1 saturated heterocycles. The second kappa shape index (κ2) is 8.52. The van der Waals surface area contributed by atoms with E-state index in [1.807, 2.05) is 6.07 Å². The van der Waals surface area contributed by atoms with Gasteiger partial charge in [0.05, 0.1) is 23.3 Å². The molecule has 0 unspecified atom stereocenters. The second-order valence-electron chi connectivity index (χ2n) is 7.22. The Morgan fingerprint density at radius 3 is 2.65 bits per heavy atom. The standard InChI is InChI=1S/C21H21N5O5/c1-31-18-6-5-16(26(29)30)13-17(18)21(28)24-10-8-23(9-11-24)14-15-12-20(27)25-7-3-2-4-19(25)22-15/h2-7,12-13H,8-11,14H2,1H3. The number of amides is 1. The maximum absolute atomic E-state index is 13.0. The Labute approximate surface area is 177 Å². The molecule has 4 rings (SSSR count). The van der Waals surface area contributed by atoms with Crippen LogP contribution in [0, 0.1) is 10.1 Å². The number of piperazine rings is 1. The Hall–Kier alpha value is -3.79. The van der Waals surface area contributed by atoms with Gasteiger partial charge in [0, 0.05) is 57.1 Å². The number of aromatic nitrogens is 2. The Morgan fingerprint density at radius 1 is 1.16 bits per heavy atom. The zero-order chi connectivity index (χ0) is 22.0. The summed E-state index contributed by atoms with van der Waals surface area (Å²) in [6, 6.07) is 10.9. The maximum atomic E-state index is 13.0. The number of nitrogens with zero attached hydrogens (tertiary/aromatic N) is 5. The van der Waals surface area contributed by atoms with Crippen molar-refractivity contribution in [2.24, 2.45) is 0 Å². The molecule has 10 heteroatoms. The van der Waals surface area contributed by atoms with Crippen LogP contribution in [-0.4, -0.2) is 63.3 Å². The topological polar surface area (TPSA) is 110 Å². The van der Waals surface area contributed by atoms with Crippen molar-refractivity contribution >= 4 is 17.2 Å². The van der Waals surface area contributed by atoms with Crippen LogP contribution >= 0.6 is 0 Å². The van der Waals surface area contributed by atoms with Gasteiger partial charge in [0.2, 0.25) is 0 Å². The van der Waals surface area contributed by atoms with Gasteiger partial charge >= 0.3 is 0 Å². The van der Waals surface area contributed by atoms with E-state index in [4.69, 9.17) is 4.74 Å². The van der Waals surface area contributed by atoms with Crippen molar-refractivity contribution in [3.05, 3.63) is 80.4 Å². The number of carbonyl (C=O) groups excluding carboxylic acids is 1. The zero-order valence-electron chi connectivity index (χ0n) is 16.9. The highest BCUT2D eigenvalue weighted by Gasteiger charge is 2.26. The average molecular weight is 423 g/mol. The number of rotatable bonds is 5. The summed E-state index contributed by atoms with van der Waals surface area (Å²) in [4.78, 5) is 44.1. The largest absolute Gasteiger partial charge is 0.496 e. The van der Waals surface area contributed by atoms with Crippen LogP contribution in [0.3, 0.4) is 0 Å². The first kappa shape index (κ1) is 20.5. The number of methoxy groups -OCH3 is 1. The number of benzene rings is 1. The Balaban J connectivity index is 1.44. The van der Waals surface area contributed by atoms with Crippen molar-refractivity contribution in [3.63, 3.8) is 0 Å². The minimum absolute atomic E-state index is 0.132. The molecule has 1 aliphatic rings. The van der Waals surface area contributed by atoms with Gasteiger partial charge in [0.15, 0.2) is 0 Å². The third-order valence-corrected chi connectivity index (χ3v) is 5.29. The summed E-state index contributed by atoms with van der Waals surface area (Å²) in [7, 11) is 1.43. The van der Waals surface area contributed by atoms with Crippen LogP contribution in [0.15, 0.2) is 53.5 Å². The molecule has 0 saturated carbocycles. The van der Waals surface area contributed by atoms with Crippen LogP contribution in [0.4, 0.5) is 5.69 Å². The number of pyridine rings is 1. The highest BCUT2D eigenvalue weighted by molar-refractivity contribution is 5.97. The fraction of sp³-hybridized carbons (Fsp3) is 0.286.